The van der Waals surface area contributed by atoms with Gasteiger partial charge < -0.3 is 15.6 Å². The summed E-state index contributed by atoms with van der Waals surface area (Å²) in [6.45, 7) is 2.37. The van der Waals surface area contributed by atoms with Gasteiger partial charge >= 0.3 is 0 Å². The standard InChI is InChI=1S/C20H21FN4O.ClH/c1-13(19-11-16(25-26-19)12-24-20(22)23-2)15-8-9-17(18(21)10-15)14-6-4-3-5-7-14;/h3-11,13H,12H2,1-2H3,(H3,22,23,24);1H. The summed E-state index contributed by atoms with van der Waals surface area (Å²) in [5, 5.41) is 6.94. The van der Waals surface area contributed by atoms with E-state index in [4.69, 9.17) is 10.3 Å². The third-order valence-corrected chi connectivity index (χ3v) is 4.27. The summed E-state index contributed by atoms with van der Waals surface area (Å²) in [5.41, 5.74) is 8.57. The van der Waals surface area contributed by atoms with E-state index in [0.717, 1.165) is 11.1 Å². The van der Waals surface area contributed by atoms with Gasteiger partial charge in [0.15, 0.2) is 5.96 Å². The fraction of sp³-hybridized carbons (Fsp3) is 0.200. The first-order chi connectivity index (χ1) is 12.6. The minimum absolute atomic E-state index is 0. The second-order valence-electron chi connectivity index (χ2n) is 6.01. The van der Waals surface area contributed by atoms with Gasteiger partial charge in [-0.1, -0.05) is 54.5 Å². The van der Waals surface area contributed by atoms with Crippen molar-refractivity contribution in [3.8, 4) is 11.1 Å². The second kappa shape index (κ2) is 9.19. The van der Waals surface area contributed by atoms with Crippen LogP contribution >= 0.6 is 12.4 Å². The number of benzene rings is 2. The predicted octanol–water partition coefficient (Wildman–Crippen LogP) is 4.09. The zero-order valence-electron chi connectivity index (χ0n) is 15.1. The molecule has 0 aliphatic heterocycles. The molecule has 1 heterocycles. The number of guanidine groups is 1. The molecule has 3 aromatic rings. The zero-order chi connectivity index (χ0) is 18.5. The second-order valence-corrected chi connectivity index (χ2v) is 6.01. The topological polar surface area (TPSA) is 76.4 Å². The molecule has 0 fully saturated rings. The molecule has 0 bridgehead atoms. The number of nitrogens with one attached hydrogen (secondary N) is 1. The molecular formula is C20H22ClFN4O. The van der Waals surface area contributed by atoms with Crippen LogP contribution in [0, 0.1) is 5.82 Å². The fourth-order valence-corrected chi connectivity index (χ4v) is 2.69. The molecule has 0 saturated heterocycles. The van der Waals surface area contributed by atoms with Crippen LogP contribution in [0.3, 0.4) is 0 Å². The minimum Gasteiger partial charge on any atom is -0.370 e. The lowest BCUT2D eigenvalue weighted by Crippen LogP contribution is -2.30. The molecule has 7 heteroatoms. The Hall–Kier alpha value is -2.86. The molecule has 0 aliphatic carbocycles. The van der Waals surface area contributed by atoms with Crippen molar-refractivity contribution >= 4 is 18.4 Å². The number of aliphatic imine (C=N–C) groups is 1. The Labute approximate surface area is 163 Å². The van der Waals surface area contributed by atoms with E-state index in [2.05, 4.69) is 15.5 Å². The highest BCUT2D eigenvalue weighted by molar-refractivity contribution is 5.85. The zero-order valence-corrected chi connectivity index (χ0v) is 16.0. The molecule has 142 valence electrons. The molecular weight excluding hydrogens is 367 g/mol. The molecule has 1 aromatic heterocycles. The SMILES string of the molecule is CN=C(N)NCc1cc(C(C)c2ccc(-c3ccccc3)c(F)c2)on1.Cl. The number of rotatable bonds is 5. The predicted molar refractivity (Wildman–Crippen MR) is 107 cm³/mol. The van der Waals surface area contributed by atoms with Gasteiger partial charge in [-0.15, -0.1) is 12.4 Å². The molecule has 0 radical (unpaired) electrons. The molecule has 1 unspecified atom stereocenters. The van der Waals surface area contributed by atoms with Gasteiger partial charge in [-0.2, -0.15) is 0 Å². The molecule has 0 spiro atoms. The van der Waals surface area contributed by atoms with Gasteiger partial charge in [0, 0.05) is 24.6 Å². The quantitative estimate of drug-likeness (QED) is 0.510. The van der Waals surface area contributed by atoms with Crippen molar-refractivity contribution in [2.45, 2.75) is 19.4 Å². The molecule has 2 aromatic carbocycles. The molecule has 3 N–H and O–H groups in total. The maximum Gasteiger partial charge on any atom is 0.188 e. The van der Waals surface area contributed by atoms with Gasteiger partial charge in [-0.05, 0) is 17.2 Å². The summed E-state index contributed by atoms with van der Waals surface area (Å²) in [4.78, 5) is 3.82. The maximum absolute atomic E-state index is 14.6. The Morgan fingerprint density at radius 1 is 1.22 bits per heavy atom. The summed E-state index contributed by atoms with van der Waals surface area (Å²) < 4.78 is 20.0. The average Bonchev–Trinajstić information content (AvgIpc) is 3.15. The lowest BCUT2D eigenvalue weighted by molar-refractivity contribution is 0.369. The molecule has 27 heavy (non-hydrogen) atoms. The third-order valence-electron chi connectivity index (χ3n) is 4.27. The molecule has 0 saturated carbocycles. The number of nitrogens with zero attached hydrogens (tertiary/aromatic N) is 2. The third kappa shape index (κ3) is 4.86. The Morgan fingerprint density at radius 2 is 1.96 bits per heavy atom. The van der Waals surface area contributed by atoms with Crippen molar-refractivity contribution in [1.82, 2.24) is 10.5 Å². The van der Waals surface area contributed by atoms with Crippen LogP contribution in [0.5, 0.6) is 0 Å². The van der Waals surface area contributed by atoms with Crippen LogP contribution < -0.4 is 11.1 Å². The van der Waals surface area contributed by atoms with Crippen LogP contribution in [0.2, 0.25) is 0 Å². The first-order valence-corrected chi connectivity index (χ1v) is 8.35. The summed E-state index contributed by atoms with van der Waals surface area (Å²) in [6.07, 6.45) is 0. The number of hydrogen-bond acceptors (Lipinski definition) is 3. The number of hydrogen-bond donors (Lipinski definition) is 2. The van der Waals surface area contributed by atoms with E-state index < -0.39 is 0 Å². The molecule has 3 rings (SSSR count). The van der Waals surface area contributed by atoms with Crippen LogP contribution in [0.15, 0.2) is 64.1 Å². The summed E-state index contributed by atoms with van der Waals surface area (Å²) in [7, 11) is 1.60. The van der Waals surface area contributed by atoms with Crippen molar-refractivity contribution in [3.05, 3.63) is 77.4 Å². The first kappa shape index (κ1) is 20.5. The van der Waals surface area contributed by atoms with Crippen LogP contribution in [-0.2, 0) is 6.54 Å². The van der Waals surface area contributed by atoms with E-state index >= 15 is 0 Å². The van der Waals surface area contributed by atoms with Crippen LogP contribution in [0.25, 0.3) is 11.1 Å². The Balaban J connectivity index is 0.00000261. The monoisotopic (exact) mass is 388 g/mol. The summed E-state index contributed by atoms with van der Waals surface area (Å²) in [6, 6.07) is 16.6. The summed E-state index contributed by atoms with van der Waals surface area (Å²) >= 11 is 0. The lowest BCUT2D eigenvalue weighted by atomic mass is 9.95. The largest absolute Gasteiger partial charge is 0.370 e. The molecule has 5 nitrogen and oxygen atoms in total. The smallest absolute Gasteiger partial charge is 0.188 e. The number of halogens is 2. The van der Waals surface area contributed by atoms with Crippen molar-refractivity contribution in [3.63, 3.8) is 0 Å². The van der Waals surface area contributed by atoms with E-state index in [1.165, 1.54) is 0 Å². The molecule has 1 atom stereocenters. The average molecular weight is 389 g/mol. The van der Waals surface area contributed by atoms with Crippen molar-refractivity contribution in [1.29, 1.82) is 0 Å². The van der Waals surface area contributed by atoms with Crippen LogP contribution in [0.1, 0.15) is 29.9 Å². The maximum atomic E-state index is 14.6. The van der Waals surface area contributed by atoms with E-state index in [-0.39, 0.29) is 24.1 Å². The number of nitrogens with two attached hydrogens (primary N) is 1. The molecule has 0 amide bonds. The highest BCUT2D eigenvalue weighted by atomic mass is 35.5. The highest BCUT2D eigenvalue weighted by Gasteiger charge is 2.16. The minimum atomic E-state index is -0.256. The van der Waals surface area contributed by atoms with E-state index in [9.17, 15) is 4.39 Å². The lowest BCUT2D eigenvalue weighted by Gasteiger charge is -2.10. The van der Waals surface area contributed by atoms with Gasteiger partial charge in [0.05, 0.1) is 6.54 Å². The van der Waals surface area contributed by atoms with Gasteiger partial charge in [-0.25, -0.2) is 4.39 Å². The Kier molecular flexibility index (Phi) is 6.96. The van der Waals surface area contributed by atoms with Gasteiger partial charge in [0.2, 0.25) is 0 Å². The van der Waals surface area contributed by atoms with Crippen LogP contribution in [-0.4, -0.2) is 18.2 Å². The van der Waals surface area contributed by atoms with Crippen molar-refractivity contribution in [2.75, 3.05) is 7.05 Å². The van der Waals surface area contributed by atoms with E-state index in [0.29, 0.717) is 29.5 Å². The number of aromatic nitrogens is 1. The van der Waals surface area contributed by atoms with Gasteiger partial charge in [-0.3, -0.25) is 4.99 Å². The summed E-state index contributed by atoms with van der Waals surface area (Å²) in [5.74, 6) is 0.628. The van der Waals surface area contributed by atoms with Gasteiger partial charge in [0.25, 0.3) is 0 Å². The molecule has 0 aliphatic rings. The van der Waals surface area contributed by atoms with Gasteiger partial charge in [0.1, 0.15) is 17.3 Å². The van der Waals surface area contributed by atoms with Crippen LogP contribution in [0.4, 0.5) is 4.39 Å². The van der Waals surface area contributed by atoms with Crippen molar-refractivity contribution < 1.29 is 8.91 Å². The Morgan fingerprint density at radius 3 is 2.63 bits per heavy atom. The van der Waals surface area contributed by atoms with Crippen molar-refractivity contribution in [2.24, 2.45) is 10.7 Å². The highest BCUT2D eigenvalue weighted by Crippen LogP contribution is 2.29. The normalized spacial score (nSPS) is 12.3. The first-order valence-electron chi connectivity index (χ1n) is 8.35. The van der Waals surface area contributed by atoms with E-state index in [1.807, 2.05) is 49.4 Å². The fourth-order valence-electron chi connectivity index (χ4n) is 2.69. The Bertz CT molecular complexity index is 911. The van der Waals surface area contributed by atoms with E-state index in [1.54, 1.807) is 19.2 Å².